The molecule has 0 aromatic heterocycles. The zero-order chi connectivity index (χ0) is 33.0. The molecule has 0 aliphatic heterocycles. The van der Waals surface area contributed by atoms with Crippen LogP contribution < -0.4 is 20.9 Å². The molecule has 0 amide bonds. The van der Waals surface area contributed by atoms with Gasteiger partial charge in [-0.3, -0.25) is 0 Å². The molecular weight excluding hydrogens is 584 g/mol. The lowest BCUT2D eigenvalue weighted by molar-refractivity contribution is -0.128. The van der Waals surface area contributed by atoms with Crippen molar-refractivity contribution in [3.63, 3.8) is 0 Å². The van der Waals surface area contributed by atoms with E-state index in [2.05, 4.69) is 6.92 Å². The molecule has 246 valence electrons. The fourth-order valence-electron chi connectivity index (χ4n) is 4.57. The summed E-state index contributed by atoms with van der Waals surface area (Å²) in [6.07, 6.45) is 13.0. The molecule has 9 heteroatoms. The van der Waals surface area contributed by atoms with Crippen molar-refractivity contribution >= 4 is 35.4 Å². The van der Waals surface area contributed by atoms with Gasteiger partial charge in [0.15, 0.2) is 0 Å². The second-order valence-electron chi connectivity index (χ2n) is 11.0. The highest BCUT2D eigenvalue weighted by atomic mass is 16.5. The van der Waals surface area contributed by atoms with Crippen LogP contribution in [0.4, 0.5) is 11.4 Å². The maximum atomic E-state index is 12.4. The van der Waals surface area contributed by atoms with Crippen LogP contribution in [0.5, 0.6) is 11.5 Å². The van der Waals surface area contributed by atoms with E-state index in [1.807, 2.05) is 0 Å². The molecule has 0 unspecified atom stereocenters. The van der Waals surface area contributed by atoms with E-state index >= 15 is 0 Å². The highest BCUT2D eigenvalue weighted by Crippen LogP contribution is 2.19. The average molecular weight is 631 g/mol. The van der Waals surface area contributed by atoms with Crippen molar-refractivity contribution in [1.29, 1.82) is 0 Å². The Bertz CT molecular complexity index is 1380. The van der Waals surface area contributed by atoms with Crippen molar-refractivity contribution < 1.29 is 33.3 Å². The van der Waals surface area contributed by atoms with Crippen molar-refractivity contribution in [1.82, 2.24) is 0 Å². The van der Waals surface area contributed by atoms with Crippen molar-refractivity contribution in [2.75, 3.05) is 31.3 Å². The summed E-state index contributed by atoms with van der Waals surface area (Å²) < 4.78 is 21.8. The Labute approximate surface area is 271 Å². The predicted molar refractivity (Wildman–Crippen MR) is 181 cm³/mol. The lowest BCUT2D eigenvalue weighted by Gasteiger charge is -2.07. The van der Waals surface area contributed by atoms with E-state index in [4.69, 9.17) is 30.4 Å². The van der Waals surface area contributed by atoms with Crippen LogP contribution in [-0.2, 0) is 14.3 Å². The Morgan fingerprint density at radius 2 is 1.13 bits per heavy atom. The zero-order valence-electron chi connectivity index (χ0n) is 26.7. The quantitative estimate of drug-likeness (QED) is 0.0421. The van der Waals surface area contributed by atoms with Crippen LogP contribution in [0.3, 0.4) is 0 Å². The smallest absolute Gasteiger partial charge is 0.338 e. The van der Waals surface area contributed by atoms with Crippen molar-refractivity contribution in [2.45, 2.75) is 71.1 Å². The number of rotatable bonds is 20. The van der Waals surface area contributed by atoms with E-state index in [9.17, 15) is 14.4 Å². The van der Waals surface area contributed by atoms with Gasteiger partial charge < -0.3 is 30.4 Å². The Hall–Kier alpha value is -4.79. The maximum Gasteiger partial charge on any atom is 0.338 e. The van der Waals surface area contributed by atoms with Gasteiger partial charge in [-0.25, -0.2) is 14.4 Å². The summed E-state index contributed by atoms with van der Waals surface area (Å²) in [4.78, 5) is 36.7. The molecule has 0 spiro atoms. The first-order valence-electron chi connectivity index (χ1n) is 16.1. The molecule has 4 N–H and O–H groups in total. The number of benzene rings is 3. The van der Waals surface area contributed by atoms with Gasteiger partial charge in [-0.1, -0.05) is 64.0 Å². The number of esters is 3. The number of hydrogen-bond acceptors (Lipinski definition) is 9. The zero-order valence-corrected chi connectivity index (χ0v) is 26.7. The minimum absolute atomic E-state index is 0.341. The summed E-state index contributed by atoms with van der Waals surface area (Å²) in [7, 11) is 0. The third-order valence-corrected chi connectivity index (χ3v) is 7.09. The summed E-state index contributed by atoms with van der Waals surface area (Å²) in [5.74, 6) is -0.125. The van der Waals surface area contributed by atoms with E-state index in [0.717, 1.165) is 62.7 Å². The van der Waals surface area contributed by atoms with Gasteiger partial charge in [0.25, 0.3) is 0 Å². The van der Waals surface area contributed by atoms with Crippen LogP contribution in [0.1, 0.15) is 97.4 Å². The number of carbonyl (C=O) groups is 3. The van der Waals surface area contributed by atoms with Gasteiger partial charge in [-0.2, -0.15) is 0 Å². The summed E-state index contributed by atoms with van der Waals surface area (Å²) in [5.41, 5.74) is 13.8. The van der Waals surface area contributed by atoms with Crippen LogP contribution >= 0.6 is 0 Å². The Kier molecular flexibility index (Phi) is 15.7. The Balaban J connectivity index is 1.23. The molecule has 3 aromatic carbocycles. The van der Waals surface area contributed by atoms with Gasteiger partial charge in [0.2, 0.25) is 0 Å². The van der Waals surface area contributed by atoms with Crippen LogP contribution in [0.25, 0.3) is 6.08 Å². The molecule has 0 bridgehead atoms. The molecule has 0 aliphatic rings. The predicted octanol–water partition coefficient (Wildman–Crippen LogP) is 7.78. The minimum atomic E-state index is -0.500. The Morgan fingerprint density at radius 1 is 0.609 bits per heavy atom. The van der Waals surface area contributed by atoms with E-state index in [-0.39, 0.29) is 5.97 Å². The third-order valence-electron chi connectivity index (χ3n) is 7.09. The first-order chi connectivity index (χ1) is 22.3. The lowest BCUT2D eigenvalue weighted by Crippen LogP contribution is -2.08. The summed E-state index contributed by atoms with van der Waals surface area (Å²) in [6.45, 7) is 3.54. The van der Waals surface area contributed by atoms with Gasteiger partial charge in [0, 0.05) is 17.5 Å². The normalized spacial score (nSPS) is 10.9. The second kappa shape index (κ2) is 20.3. The number of nitrogen functional groups attached to an aromatic ring is 2. The minimum Gasteiger partial charge on any atom is -0.494 e. The van der Waals surface area contributed by atoms with Crippen molar-refractivity contribution in [3.05, 3.63) is 89.5 Å². The molecular formula is C37H46N2O7. The fraction of sp³-hybridized carbons (Fsp3) is 0.378. The molecule has 0 saturated carbocycles. The molecule has 3 aromatic rings. The Morgan fingerprint density at radius 3 is 1.74 bits per heavy atom. The molecule has 0 fully saturated rings. The largest absolute Gasteiger partial charge is 0.494 e. The van der Waals surface area contributed by atoms with Gasteiger partial charge >= 0.3 is 17.9 Å². The van der Waals surface area contributed by atoms with Crippen molar-refractivity contribution in [3.8, 4) is 11.5 Å². The number of ether oxygens (including phenoxy) is 4. The van der Waals surface area contributed by atoms with Gasteiger partial charge in [0.1, 0.15) is 11.5 Å². The standard InChI is InChI=1S/C37H46N2O7/c1-2-3-4-9-22-43-33-17-19-34(20-18-33)46-35(40)21-14-28-12-15-29(16-13-28)36(41)44-23-10-7-5-6-8-11-24-45-37(42)30-25-31(38)27-32(39)26-30/h12-21,25-27H,2-11,22-24,38-39H2,1H3. The van der Waals surface area contributed by atoms with E-state index in [1.54, 1.807) is 72.8 Å². The average Bonchev–Trinajstić information content (AvgIpc) is 3.05. The van der Waals surface area contributed by atoms with Crippen LogP contribution in [-0.4, -0.2) is 37.7 Å². The molecule has 9 nitrogen and oxygen atoms in total. The summed E-state index contributed by atoms with van der Waals surface area (Å²) in [6, 6.07) is 18.5. The SMILES string of the molecule is CCCCCCOc1ccc(OC(=O)C=Cc2ccc(C(=O)OCCCCCCCCOC(=O)c3cc(N)cc(N)c3)cc2)cc1. The molecule has 3 rings (SSSR count). The number of nitrogens with two attached hydrogens (primary N) is 2. The van der Waals surface area contributed by atoms with Gasteiger partial charge in [0.05, 0.1) is 30.9 Å². The first kappa shape index (κ1) is 35.7. The monoisotopic (exact) mass is 630 g/mol. The molecule has 0 saturated heterocycles. The van der Waals surface area contributed by atoms with Crippen molar-refractivity contribution in [2.24, 2.45) is 0 Å². The van der Waals surface area contributed by atoms with Gasteiger partial charge in [-0.05, 0) is 85.5 Å². The summed E-state index contributed by atoms with van der Waals surface area (Å²) >= 11 is 0. The van der Waals surface area contributed by atoms with E-state index in [0.29, 0.717) is 48.1 Å². The number of unbranched alkanes of at least 4 members (excludes halogenated alkanes) is 8. The molecule has 0 aliphatic carbocycles. The maximum absolute atomic E-state index is 12.4. The topological polar surface area (TPSA) is 140 Å². The molecule has 0 atom stereocenters. The molecule has 0 radical (unpaired) electrons. The number of hydrogen-bond donors (Lipinski definition) is 2. The fourth-order valence-corrected chi connectivity index (χ4v) is 4.57. The summed E-state index contributed by atoms with van der Waals surface area (Å²) in [5, 5.41) is 0. The van der Waals surface area contributed by atoms with E-state index in [1.165, 1.54) is 18.9 Å². The lowest BCUT2D eigenvalue weighted by atomic mass is 10.1. The molecule has 46 heavy (non-hydrogen) atoms. The van der Waals surface area contributed by atoms with Gasteiger partial charge in [-0.15, -0.1) is 0 Å². The second-order valence-corrected chi connectivity index (χ2v) is 11.0. The van der Waals surface area contributed by atoms with E-state index < -0.39 is 11.9 Å². The van der Waals surface area contributed by atoms with Crippen LogP contribution in [0.15, 0.2) is 72.8 Å². The number of carbonyl (C=O) groups excluding carboxylic acids is 3. The van der Waals surface area contributed by atoms with Crippen LogP contribution in [0, 0.1) is 0 Å². The highest BCUT2D eigenvalue weighted by molar-refractivity contribution is 5.92. The number of anilines is 2. The highest BCUT2D eigenvalue weighted by Gasteiger charge is 2.09. The third kappa shape index (κ3) is 13.9. The first-order valence-corrected chi connectivity index (χ1v) is 16.1. The molecule has 0 heterocycles. The van der Waals surface area contributed by atoms with Crippen LogP contribution in [0.2, 0.25) is 0 Å².